The van der Waals surface area contributed by atoms with E-state index in [1.54, 1.807) is 0 Å². The van der Waals surface area contributed by atoms with Crippen LogP contribution < -0.4 is 5.46 Å². The summed E-state index contributed by atoms with van der Waals surface area (Å²) in [5.74, 6) is 0. The lowest BCUT2D eigenvalue weighted by atomic mass is 9.81. The van der Waals surface area contributed by atoms with Crippen LogP contribution in [0.25, 0.3) is 86.9 Å². The fourth-order valence-electron chi connectivity index (χ4n) is 7.07. The molecule has 0 aliphatic rings. The Labute approximate surface area is 231 Å². The summed E-state index contributed by atoms with van der Waals surface area (Å²) >= 11 is 0. The highest BCUT2D eigenvalue weighted by Gasteiger charge is 2.16. The average molecular weight is 506 g/mol. The van der Waals surface area contributed by atoms with E-state index in [9.17, 15) is 5.02 Å². The van der Waals surface area contributed by atoms with Gasteiger partial charge in [-0.2, -0.15) is 0 Å². The van der Waals surface area contributed by atoms with E-state index in [0.29, 0.717) is 0 Å². The third-order valence-corrected chi connectivity index (χ3v) is 8.85. The van der Waals surface area contributed by atoms with Crippen LogP contribution in [0, 0.1) is 0 Å². The summed E-state index contributed by atoms with van der Waals surface area (Å²) in [7, 11) is -0.00148. The van der Waals surface area contributed by atoms with E-state index >= 15 is 0 Å². The Hall–Kier alpha value is -4.92. The normalized spacial score (nSPS) is 12.1. The van der Waals surface area contributed by atoms with Gasteiger partial charge in [0.05, 0.1) is 0 Å². The van der Waals surface area contributed by atoms with Gasteiger partial charge >= 0.3 is 7.48 Å². The summed E-state index contributed by atoms with van der Waals surface area (Å²) in [4.78, 5) is 0. The van der Waals surface area contributed by atoms with Crippen molar-refractivity contribution in [1.29, 1.82) is 0 Å². The SMILES string of the molecule is OBc1cc(-c2ccc3ccc4cccc5ccc2c3c45)cc(-c2ccc3ccc4cccc5ccc2c3c45)c1. The molecule has 1 nitrogen and oxygen atoms in total. The summed E-state index contributed by atoms with van der Waals surface area (Å²) < 4.78 is 0. The minimum absolute atomic E-state index is 0.00148. The predicted molar refractivity (Wildman–Crippen MR) is 174 cm³/mol. The van der Waals surface area contributed by atoms with Crippen LogP contribution >= 0.6 is 0 Å². The molecule has 0 bridgehead atoms. The molecule has 1 N–H and O–H groups in total. The first kappa shape index (κ1) is 22.0. The maximum Gasteiger partial charge on any atom is 0.304 e. The molecule has 0 aliphatic carbocycles. The first-order chi connectivity index (χ1) is 19.8. The number of rotatable bonds is 3. The second kappa shape index (κ2) is 8.05. The predicted octanol–water partition coefficient (Wildman–Crippen LogP) is 8.78. The van der Waals surface area contributed by atoms with Crippen LogP contribution in [-0.2, 0) is 0 Å². The van der Waals surface area contributed by atoms with Crippen LogP contribution in [0.5, 0.6) is 0 Å². The first-order valence-electron chi connectivity index (χ1n) is 13.9. The quantitative estimate of drug-likeness (QED) is 0.188. The van der Waals surface area contributed by atoms with Crippen molar-refractivity contribution < 1.29 is 5.02 Å². The minimum Gasteiger partial charge on any atom is -0.449 e. The van der Waals surface area contributed by atoms with Crippen molar-refractivity contribution >= 4 is 77.6 Å². The average Bonchev–Trinajstić information content (AvgIpc) is 3.02. The van der Waals surface area contributed by atoms with Gasteiger partial charge in [-0.3, -0.25) is 0 Å². The molecule has 0 heterocycles. The standard InChI is InChI=1S/C38H23BO/c40-39-30-20-28(31-15-11-26-9-7-22-3-1-5-24-13-17-33(31)37(26)35(22)24)19-29(21-30)32-16-12-27-10-8-23-4-2-6-25-14-18-34(32)38(27)36(23)25/h1-21,39-40H. The van der Waals surface area contributed by atoms with Crippen molar-refractivity contribution in [2.24, 2.45) is 0 Å². The van der Waals surface area contributed by atoms with Gasteiger partial charge in [0.25, 0.3) is 0 Å². The zero-order chi connectivity index (χ0) is 26.4. The molecule has 0 saturated heterocycles. The number of hydrogen-bond acceptors (Lipinski definition) is 1. The Morgan fingerprint density at radius 3 is 1.18 bits per heavy atom. The Balaban J connectivity index is 1.33. The molecule has 2 heteroatoms. The zero-order valence-corrected chi connectivity index (χ0v) is 21.8. The zero-order valence-electron chi connectivity index (χ0n) is 21.8. The Bertz CT molecular complexity index is 2220. The highest BCUT2D eigenvalue weighted by Crippen LogP contribution is 2.42. The van der Waals surface area contributed by atoms with Crippen molar-refractivity contribution in [2.45, 2.75) is 0 Å². The molecule has 9 aromatic carbocycles. The van der Waals surface area contributed by atoms with Gasteiger partial charge < -0.3 is 5.02 Å². The molecule has 0 saturated carbocycles. The van der Waals surface area contributed by atoms with Crippen molar-refractivity contribution in [2.75, 3.05) is 0 Å². The molecular weight excluding hydrogens is 483 g/mol. The third kappa shape index (κ3) is 2.97. The minimum atomic E-state index is -0.00148. The van der Waals surface area contributed by atoms with Gasteiger partial charge in [0, 0.05) is 0 Å². The summed E-state index contributed by atoms with van der Waals surface area (Å²) in [6.45, 7) is 0. The molecule has 0 fully saturated rings. The van der Waals surface area contributed by atoms with Gasteiger partial charge in [-0.25, -0.2) is 0 Å². The summed E-state index contributed by atoms with van der Waals surface area (Å²) in [6, 6.07) is 46.6. The fraction of sp³-hybridized carbons (Fsp3) is 0. The summed E-state index contributed by atoms with van der Waals surface area (Å²) in [5, 5.41) is 25.7. The largest absolute Gasteiger partial charge is 0.449 e. The van der Waals surface area contributed by atoms with Crippen molar-refractivity contribution in [3.8, 4) is 22.3 Å². The molecule has 0 aromatic heterocycles. The van der Waals surface area contributed by atoms with E-state index < -0.39 is 0 Å². The van der Waals surface area contributed by atoms with Crippen LogP contribution in [0.2, 0.25) is 0 Å². The highest BCUT2D eigenvalue weighted by atomic mass is 16.2. The van der Waals surface area contributed by atoms with Crippen LogP contribution in [-0.4, -0.2) is 12.5 Å². The maximum absolute atomic E-state index is 10.4. The van der Waals surface area contributed by atoms with E-state index in [0.717, 1.165) is 16.6 Å². The lowest BCUT2D eigenvalue weighted by Crippen LogP contribution is -2.13. The Morgan fingerprint density at radius 2 is 0.750 bits per heavy atom. The van der Waals surface area contributed by atoms with Gasteiger partial charge in [0.15, 0.2) is 0 Å². The number of benzene rings is 9. The lowest BCUT2D eigenvalue weighted by Gasteiger charge is -2.17. The molecule has 0 radical (unpaired) electrons. The van der Waals surface area contributed by atoms with Gasteiger partial charge in [-0.15, -0.1) is 0 Å². The van der Waals surface area contributed by atoms with Crippen LogP contribution in [0.3, 0.4) is 0 Å². The molecular formula is C38H23BO. The van der Waals surface area contributed by atoms with Crippen molar-refractivity contribution in [3.63, 3.8) is 0 Å². The summed E-state index contributed by atoms with van der Waals surface area (Å²) in [6.07, 6.45) is 0. The maximum atomic E-state index is 10.4. The smallest absolute Gasteiger partial charge is 0.304 e. The van der Waals surface area contributed by atoms with Crippen LogP contribution in [0.15, 0.2) is 127 Å². The molecule has 0 aliphatic heterocycles. The Kier molecular flexibility index (Phi) is 4.42. The van der Waals surface area contributed by atoms with Gasteiger partial charge in [-0.05, 0) is 93.0 Å². The van der Waals surface area contributed by atoms with Gasteiger partial charge in [0.2, 0.25) is 0 Å². The van der Waals surface area contributed by atoms with Gasteiger partial charge in [-0.1, -0.05) is 127 Å². The monoisotopic (exact) mass is 506 g/mol. The molecule has 0 atom stereocenters. The molecule has 40 heavy (non-hydrogen) atoms. The van der Waals surface area contributed by atoms with Crippen LogP contribution in [0.1, 0.15) is 0 Å². The van der Waals surface area contributed by atoms with E-state index in [-0.39, 0.29) is 7.48 Å². The van der Waals surface area contributed by atoms with Crippen molar-refractivity contribution in [3.05, 3.63) is 127 Å². The molecule has 0 spiro atoms. The third-order valence-electron chi connectivity index (χ3n) is 8.85. The van der Waals surface area contributed by atoms with Gasteiger partial charge in [0.1, 0.15) is 0 Å². The summed E-state index contributed by atoms with van der Waals surface area (Å²) in [5.41, 5.74) is 5.57. The molecule has 184 valence electrons. The lowest BCUT2D eigenvalue weighted by molar-refractivity contribution is 0.615. The van der Waals surface area contributed by atoms with E-state index in [1.165, 1.54) is 75.8 Å². The van der Waals surface area contributed by atoms with Crippen molar-refractivity contribution in [1.82, 2.24) is 0 Å². The Morgan fingerprint density at radius 1 is 0.375 bits per heavy atom. The second-order valence-corrected chi connectivity index (χ2v) is 11.0. The molecule has 0 unspecified atom stereocenters. The molecule has 9 rings (SSSR count). The second-order valence-electron chi connectivity index (χ2n) is 11.0. The highest BCUT2D eigenvalue weighted by molar-refractivity contribution is 6.46. The molecule has 0 amide bonds. The van der Waals surface area contributed by atoms with E-state index in [1.807, 2.05) is 0 Å². The number of hydrogen-bond donors (Lipinski definition) is 1. The first-order valence-corrected chi connectivity index (χ1v) is 13.9. The topological polar surface area (TPSA) is 20.2 Å². The van der Waals surface area contributed by atoms with E-state index in [4.69, 9.17) is 0 Å². The van der Waals surface area contributed by atoms with Crippen LogP contribution in [0.4, 0.5) is 0 Å². The van der Waals surface area contributed by atoms with E-state index in [2.05, 4.69) is 127 Å². The fourth-order valence-corrected chi connectivity index (χ4v) is 7.07. The molecule has 9 aromatic rings.